The highest BCUT2D eigenvalue weighted by Crippen LogP contribution is 2.36. The maximum Gasteiger partial charge on any atom is 0.0463 e. The Hall–Kier alpha value is -1.08. The van der Waals surface area contributed by atoms with Gasteiger partial charge in [0.1, 0.15) is 0 Å². The first-order chi connectivity index (χ1) is 7.79. The summed E-state index contributed by atoms with van der Waals surface area (Å²) in [6, 6.07) is 20.8. The van der Waals surface area contributed by atoms with Crippen molar-refractivity contribution in [3.63, 3.8) is 0 Å². The van der Waals surface area contributed by atoms with E-state index in [4.69, 9.17) is 0 Å². The first kappa shape index (κ1) is 11.4. The van der Waals surface area contributed by atoms with Gasteiger partial charge >= 0.3 is 0 Å². The second-order valence-corrected chi connectivity index (χ2v) is 4.82. The molecule has 1 unspecified atom stereocenters. The van der Waals surface area contributed by atoms with Crippen molar-refractivity contribution in [2.24, 2.45) is 0 Å². The van der Waals surface area contributed by atoms with E-state index in [0.29, 0.717) is 0 Å². The van der Waals surface area contributed by atoms with Crippen molar-refractivity contribution in [1.82, 2.24) is 0 Å². The molecule has 1 heteroatoms. The average molecular weight is 274 g/mol. The largest absolute Gasteiger partial charge is 0.0832 e. The van der Waals surface area contributed by atoms with Gasteiger partial charge < -0.3 is 0 Å². The molecule has 2 atom stereocenters. The van der Waals surface area contributed by atoms with E-state index in [1.807, 2.05) is 12.1 Å². The van der Waals surface area contributed by atoms with E-state index in [-0.39, 0.29) is 10.7 Å². The smallest absolute Gasteiger partial charge is 0.0463 e. The van der Waals surface area contributed by atoms with Crippen LogP contribution >= 0.6 is 15.9 Å². The molecule has 81 valence electrons. The van der Waals surface area contributed by atoms with Gasteiger partial charge in [0.15, 0.2) is 0 Å². The summed E-state index contributed by atoms with van der Waals surface area (Å²) in [5.41, 5.74) is 2.53. The van der Waals surface area contributed by atoms with Crippen LogP contribution < -0.4 is 0 Å². The summed E-state index contributed by atoms with van der Waals surface area (Å²) in [4.78, 5) is 0.260. The summed E-state index contributed by atoms with van der Waals surface area (Å²) >= 11 is 3.73. The van der Waals surface area contributed by atoms with Gasteiger partial charge in [-0.15, -0.1) is 0 Å². The molecule has 0 amide bonds. The normalized spacial score (nSPS) is 14.4. The molecule has 0 N–H and O–H groups in total. The molecular formula is C15H14Br. The molecule has 0 aliphatic carbocycles. The van der Waals surface area contributed by atoms with Gasteiger partial charge in [0.2, 0.25) is 0 Å². The minimum Gasteiger partial charge on any atom is -0.0832 e. The fraction of sp³-hybridized carbons (Fsp3) is 0.133. The third-order valence-electron chi connectivity index (χ3n) is 2.70. The van der Waals surface area contributed by atoms with Crippen LogP contribution in [0.2, 0.25) is 0 Å². The number of rotatable bonds is 3. The van der Waals surface area contributed by atoms with Gasteiger partial charge in [-0.1, -0.05) is 76.6 Å². The van der Waals surface area contributed by atoms with Crippen molar-refractivity contribution < 1.29 is 0 Å². The lowest BCUT2D eigenvalue weighted by Crippen LogP contribution is -2.01. The van der Waals surface area contributed by atoms with Crippen LogP contribution in [0.15, 0.2) is 60.7 Å². The van der Waals surface area contributed by atoms with Crippen LogP contribution in [-0.2, 0) is 0 Å². The van der Waals surface area contributed by atoms with Gasteiger partial charge in [-0.3, -0.25) is 0 Å². The average Bonchev–Trinajstić information content (AvgIpc) is 2.39. The minimum absolute atomic E-state index is 0.226. The second kappa shape index (κ2) is 5.31. The number of alkyl halides is 1. The summed E-state index contributed by atoms with van der Waals surface area (Å²) in [7, 11) is 0. The highest BCUT2D eigenvalue weighted by molar-refractivity contribution is 9.09. The first-order valence-electron chi connectivity index (χ1n) is 5.36. The third kappa shape index (κ3) is 2.53. The van der Waals surface area contributed by atoms with Gasteiger partial charge in [0, 0.05) is 10.7 Å². The monoisotopic (exact) mass is 273 g/mol. The Morgan fingerprint density at radius 2 is 1.19 bits per heavy atom. The number of hydrogen-bond acceptors (Lipinski definition) is 0. The highest BCUT2D eigenvalue weighted by Gasteiger charge is 2.17. The van der Waals surface area contributed by atoms with Crippen LogP contribution in [0.1, 0.15) is 21.9 Å². The van der Waals surface area contributed by atoms with Gasteiger partial charge in [0.25, 0.3) is 0 Å². The Bertz CT molecular complexity index is 378. The van der Waals surface area contributed by atoms with Crippen molar-refractivity contribution in [3.8, 4) is 0 Å². The fourth-order valence-corrected chi connectivity index (χ4v) is 2.35. The van der Waals surface area contributed by atoms with Crippen LogP contribution in [0.3, 0.4) is 0 Å². The Labute approximate surface area is 105 Å². The van der Waals surface area contributed by atoms with Gasteiger partial charge in [-0.05, 0) is 18.1 Å². The predicted molar refractivity (Wildman–Crippen MR) is 72.7 cm³/mol. The maximum atomic E-state index is 4.24. The molecule has 0 spiro atoms. The zero-order chi connectivity index (χ0) is 11.4. The lowest BCUT2D eigenvalue weighted by molar-refractivity contribution is 0.823. The predicted octanol–water partition coefficient (Wildman–Crippen LogP) is 4.74. The first-order valence-corrected chi connectivity index (χ1v) is 6.27. The lowest BCUT2D eigenvalue weighted by Gasteiger charge is -2.18. The van der Waals surface area contributed by atoms with Crippen LogP contribution in [0.25, 0.3) is 0 Å². The second-order valence-electron chi connectivity index (χ2n) is 3.83. The number of hydrogen-bond donors (Lipinski definition) is 0. The molecule has 16 heavy (non-hydrogen) atoms. The van der Waals surface area contributed by atoms with Crippen molar-refractivity contribution in [3.05, 3.63) is 78.7 Å². The fourth-order valence-electron chi connectivity index (χ4n) is 1.74. The van der Waals surface area contributed by atoms with Crippen LogP contribution in [-0.4, -0.2) is 0 Å². The van der Waals surface area contributed by atoms with E-state index in [1.165, 1.54) is 11.1 Å². The van der Waals surface area contributed by atoms with E-state index in [9.17, 15) is 0 Å². The number of halogens is 1. The van der Waals surface area contributed by atoms with Crippen molar-refractivity contribution in [2.45, 2.75) is 10.7 Å². The zero-order valence-electron chi connectivity index (χ0n) is 9.01. The van der Waals surface area contributed by atoms with Crippen LogP contribution in [0.4, 0.5) is 0 Å². The van der Waals surface area contributed by atoms with E-state index in [0.717, 1.165) is 0 Å². The maximum absolute atomic E-state index is 4.24. The molecular weight excluding hydrogens is 260 g/mol. The van der Waals surface area contributed by atoms with Crippen molar-refractivity contribution >= 4 is 15.9 Å². The van der Waals surface area contributed by atoms with E-state index in [1.54, 1.807) is 0 Å². The van der Waals surface area contributed by atoms with Crippen molar-refractivity contribution in [2.75, 3.05) is 0 Å². The minimum atomic E-state index is 0.226. The Kier molecular flexibility index (Phi) is 3.79. The standard InChI is InChI=1S/C15H14Br/c1-12(13-8-4-2-5-9-13)15(16)14-10-6-3-7-11-14/h2-12,15H,1H2/t12-,15?/m0/s1. The van der Waals surface area contributed by atoms with E-state index < -0.39 is 0 Å². The van der Waals surface area contributed by atoms with Crippen LogP contribution in [0, 0.1) is 6.92 Å². The summed E-state index contributed by atoms with van der Waals surface area (Å²) in [6.07, 6.45) is 0. The molecule has 1 radical (unpaired) electrons. The summed E-state index contributed by atoms with van der Waals surface area (Å²) in [6.45, 7) is 4.24. The molecule has 0 aromatic heterocycles. The SMILES string of the molecule is [CH2][C@@H](c1ccccc1)C(Br)c1ccccc1. The Morgan fingerprint density at radius 1 is 0.750 bits per heavy atom. The van der Waals surface area contributed by atoms with Gasteiger partial charge in [0.05, 0.1) is 0 Å². The highest BCUT2D eigenvalue weighted by atomic mass is 79.9. The Morgan fingerprint density at radius 3 is 1.69 bits per heavy atom. The summed E-state index contributed by atoms with van der Waals surface area (Å²) < 4.78 is 0. The molecule has 2 rings (SSSR count). The van der Waals surface area contributed by atoms with E-state index >= 15 is 0 Å². The number of benzene rings is 2. The van der Waals surface area contributed by atoms with Gasteiger partial charge in [-0.25, -0.2) is 0 Å². The molecule has 0 fully saturated rings. The summed E-state index contributed by atoms with van der Waals surface area (Å²) in [5, 5.41) is 0. The van der Waals surface area contributed by atoms with E-state index in [2.05, 4.69) is 71.4 Å². The quantitative estimate of drug-likeness (QED) is 0.709. The molecule has 0 saturated carbocycles. The molecule has 2 aromatic carbocycles. The molecule has 0 saturated heterocycles. The summed E-state index contributed by atoms with van der Waals surface area (Å²) in [5.74, 6) is 0.226. The molecule has 0 heterocycles. The molecule has 0 aliphatic heterocycles. The van der Waals surface area contributed by atoms with Crippen LogP contribution in [0.5, 0.6) is 0 Å². The third-order valence-corrected chi connectivity index (χ3v) is 3.87. The zero-order valence-corrected chi connectivity index (χ0v) is 10.6. The molecule has 0 aliphatic rings. The van der Waals surface area contributed by atoms with Gasteiger partial charge in [-0.2, -0.15) is 0 Å². The lowest BCUT2D eigenvalue weighted by atomic mass is 9.94. The topological polar surface area (TPSA) is 0 Å². The molecule has 0 bridgehead atoms. The van der Waals surface area contributed by atoms with Crippen molar-refractivity contribution in [1.29, 1.82) is 0 Å². The molecule has 2 aromatic rings. The molecule has 0 nitrogen and oxygen atoms in total. The Balaban J connectivity index is 2.20.